The van der Waals surface area contributed by atoms with Gasteiger partial charge in [-0.25, -0.2) is 4.98 Å². The van der Waals surface area contributed by atoms with Crippen molar-refractivity contribution in [3.8, 4) is 11.8 Å². The first kappa shape index (κ1) is 16.5. The number of ether oxygens (including phenoxy) is 2. The van der Waals surface area contributed by atoms with Crippen molar-refractivity contribution >= 4 is 17.7 Å². The fourth-order valence-electron chi connectivity index (χ4n) is 2.55. The molecule has 3 rings (SSSR count). The van der Waals surface area contributed by atoms with Crippen molar-refractivity contribution in [2.24, 2.45) is 0 Å². The van der Waals surface area contributed by atoms with Crippen LogP contribution in [0, 0.1) is 0 Å². The summed E-state index contributed by atoms with van der Waals surface area (Å²) in [7, 11) is 1.53. The quantitative estimate of drug-likeness (QED) is 0.765. The van der Waals surface area contributed by atoms with E-state index in [1.54, 1.807) is 29.3 Å². The Morgan fingerprint density at radius 1 is 1.29 bits per heavy atom. The zero-order valence-corrected chi connectivity index (χ0v) is 14.3. The van der Waals surface area contributed by atoms with Gasteiger partial charge in [0.15, 0.2) is 0 Å². The van der Waals surface area contributed by atoms with Crippen LogP contribution in [0.2, 0.25) is 0 Å². The largest absolute Gasteiger partial charge is 0.480 e. The molecule has 8 heteroatoms. The third-order valence-electron chi connectivity index (χ3n) is 3.74. The number of carbonyl (C=O) groups is 1. The molecule has 0 radical (unpaired) electrons. The molecule has 0 N–H and O–H groups in total. The highest BCUT2D eigenvalue weighted by atomic mass is 32.2. The van der Waals surface area contributed by atoms with Gasteiger partial charge in [0.05, 0.1) is 19.2 Å². The highest BCUT2D eigenvalue weighted by molar-refractivity contribution is 7.98. The van der Waals surface area contributed by atoms with E-state index in [4.69, 9.17) is 9.47 Å². The van der Waals surface area contributed by atoms with Gasteiger partial charge in [-0.3, -0.25) is 4.79 Å². The van der Waals surface area contributed by atoms with Gasteiger partial charge >= 0.3 is 0 Å². The first-order valence-corrected chi connectivity index (χ1v) is 8.76. The Bertz CT molecular complexity index is 711. The van der Waals surface area contributed by atoms with E-state index in [1.165, 1.54) is 18.9 Å². The van der Waals surface area contributed by atoms with E-state index in [-0.39, 0.29) is 12.0 Å². The molecule has 24 heavy (non-hydrogen) atoms. The molecular formula is C16H18N4O3S. The summed E-state index contributed by atoms with van der Waals surface area (Å²) in [5.41, 5.74) is 0.634. The SMILES string of the molecule is COc1ccc(OC2CCN(C(=O)c3cccnc3SC)C2)nn1. The summed E-state index contributed by atoms with van der Waals surface area (Å²) in [4.78, 5) is 18.7. The van der Waals surface area contributed by atoms with Crippen LogP contribution in [0.4, 0.5) is 0 Å². The van der Waals surface area contributed by atoms with Crippen molar-refractivity contribution in [3.63, 3.8) is 0 Å². The van der Waals surface area contributed by atoms with Crippen molar-refractivity contribution in [1.29, 1.82) is 0 Å². The van der Waals surface area contributed by atoms with Crippen LogP contribution in [0.3, 0.4) is 0 Å². The zero-order chi connectivity index (χ0) is 16.9. The zero-order valence-electron chi connectivity index (χ0n) is 13.5. The Balaban J connectivity index is 1.63. The van der Waals surface area contributed by atoms with Gasteiger partial charge in [0, 0.05) is 31.3 Å². The summed E-state index contributed by atoms with van der Waals surface area (Å²) in [6.07, 6.45) is 4.28. The monoisotopic (exact) mass is 346 g/mol. The molecule has 1 fully saturated rings. The van der Waals surface area contributed by atoms with E-state index in [9.17, 15) is 4.79 Å². The number of aromatic nitrogens is 3. The first-order chi connectivity index (χ1) is 11.7. The maximum absolute atomic E-state index is 12.7. The highest BCUT2D eigenvalue weighted by Gasteiger charge is 2.29. The second-order valence-electron chi connectivity index (χ2n) is 5.25. The molecule has 3 heterocycles. The number of rotatable bonds is 5. The molecule has 0 bridgehead atoms. The molecule has 2 aromatic rings. The van der Waals surface area contributed by atoms with Crippen LogP contribution >= 0.6 is 11.8 Å². The van der Waals surface area contributed by atoms with Gasteiger partial charge in [-0.2, -0.15) is 0 Å². The Morgan fingerprint density at radius 2 is 2.08 bits per heavy atom. The van der Waals surface area contributed by atoms with Gasteiger partial charge in [0.1, 0.15) is 11.1 Å². The molecule has 126 valence electrons. The molecule has 0 aromatic carbocycles. The number of amides is 1. The Kier molecular flexibility index (Phi) is 5.14. The molecule has 1 aliphatic rings. The van der Waals surface area contributed by atoms with Crippen molar-refractivity contribution < 1.29 is 14.3 Å². The summed E-state index contributed by atoms with van der Waals surface area (Å²) in [6, 6.07) is 7.00. The fraction of sp³-hybridized carbons (Fsp3) is 0.375. The first-order valence-electron chi connectivity index (χ1n) is 7.54. The van der Waals surface area contributed by atoms with Crippen LogP contribution in [0.25, 0.3) is 0 Å². The minimum Gasteiger partial charge on any atom is -0.480 e. The van der Waals surface area contributed by atoms with Crippen LogP contribution in [0.1, 0.15) is 16.8 Å². The van der Waals surface area contributed by atoms with Crippen LogP contribution < -0.4 is 9.47 Å². The number of hydrogen-bond donors (Lipinski definition) is 0. The molecule has 1 atom stereocenters. The lowest BCUT2D eigenvalue weighted by Crippen LogP contribution is -2.31. The Morgan fingerprint density at radius 3 is 2.79 bits per heavy atom. The smallest absolute Gasteiger partial charge is 0.256 e. The lowest BCUT2D eigenvalue weighted by molar-refractivity contribution is 0.0766. The number of carbonyl (C=O) groups excluding carboxylic acids is 1. The average molecular weight is 346 g/mol. The van der Waals surface area contributed by atoms with Gasteiger partial charge in [0.2, 0.25) is 11.8 Å². The van der Waals surface area contributed by atoms with E-state index < -0.39 is 0 Å². The Labute approximate surface area is 144 Å². The summed E-state index contributed by atoms with van der Waals surface area (Å²) in [5.74, 6) is 0.854. The van der Waals surface area contributed by atoms with Gasteiger partial charge in [0.25, 0.3) is 5.91 Å². The minimum atomic E-state index is -0.0916. The van der Waals surface area contributed by atoms with E-state index >= 15 is 0 Å². The standard InChI is InChI=1S/C16H18N4O3S/c1-22-13-5-6-14(19-18-13)23-11-7-9-20(10-11)16(21)12-4-3-8-17-15(12)24-2/h3-6,8,11H,7,9-10H2,1-2H3. The summed E-state index contributed by atoms with van der Waals surface area (Å²) >= 11 is 1.47. The van der Waals surface area contributed by atoms with Gasteiger partial charge < -0.3 is 14.4 Å². The van der Waals surface area contributed by atoms with Crippen molar-refractivity contribution in [2.75, 3.05) is 26.5 Å². The van der Waals surface area contributed by atoms with Crippen molar-refractivity contribution in [3.05, 3.63) is 36.0 Å². The number of pyridine rings is 1. The van der Waals surface area contributed by atoms with E-state index in [2.05, 4.69) is 15.2 Å². The molecule has 0 saturated carbocycles. The minimum absolute atomic E-state index is 0.0145. The molecule has 1 amide bonds. The molecule has 2 aromatic heterocycles. The third kappa shape index (κ3) is 3.59. The number of nitrogens with zero attached hydrogens (tertiary/aromatic N) is 4. The molecule has 1 saturated heterocycles. The highest BCUT2D eigenvalue weighted by Crippen LogP contribution is 2.22. The number of likely N-dealkylation sites (tertiary alicyclic amines) is 1. The number of thioether (sulfide) groups is 1. The van der Waals surface area contributed by atoms with Gasteiger partial charge in [-0.05, 0) is 18.4 Å². The predicted octanol–water partition coefficient (Wildman–Crippen LogP) is 1.90. The van der Waals surface area contributed by atoms with Crippen LogP contribution in [-0.2, 0) is 0 Å². The van der Waals surface area contributed by atoms with Crippen molar-refractivity contribution in [1.82, 2.24) is 20.1 Å². The second kappa shape index (κ2) is 7.48. The maximum Gasteiger partial charge on any atom is 0.256 e. The lowest BCUT2D eigenvalue weighted by atomic mass is 10.2. The maximum atomic E-state index is 12.7. The predicted molar refractivity (Wildman–Crippen MR) is 89.5 cm³/mol. The number of hydrogen-bond acceptors (Lipinski definition) is 7. The number of methoxy groups -OCH3 is 1. The van der Waals surface area contributed by atoms with Crippen LogP contribution in [-0.4, -0.2) is 58.5 Å². The van der Waals surface area contributed by atoms with E-state index in [0.29, 0.717) is 30.4 Å². The molecule has 0 aliphatic carbocycles. The third-order valence-corrected chi connectivity index (χ3v) is 4.45. The fourth-order valence-corrected chi connectivity index (χ4v) is 3.09. The molecule has 0 spiro atoms. The second-order valence-corrected chi connectivity index (χ2v) is 6.05. The molecular weight excluding hydrogens is 328 g/mol. The van der Waals surface area contributed by atoms with Gasteiger partial charge in [-0.1, -0.05) is 0 Å². The molecule has 7 nitrogen and oxygen atoms in total. The van der Waals surface area contributed by atoms with Crippen LogP contribution in [0.15, 0.2) is 35.5 Å². The van der Waals surface area contributed by atoms with E-state index in [0.717, 1.165) is 11.4 Å². The van der Waals surface area contributed by atoms with E-state index in [1.807, 2.05) is 12.3 Å². The molecule has 1 unspecified atom stereocenters. The summed E-state index contributed by atoms with van der Waals surface area (Å²) in [6.45, 7) is 1.17. The topological polar surface area (TPSA) is 77.4 Å². The summed E-state index contributed by atoms with van der Waals surface area (Å²) < 4.78 is 10.8. The summed E-state index contributed by atoms with van der Waals surface area (Å²) in [5, 5.41) is 8.57. The Hall–Kier alpha value is -2.35. The van der Waals surface area contributed by atoms with Crippen LogP contribution in [0.5, 0.6) is 11.8 Å². The molecule has 1 aliphatic heterocycles. The van der Waals surface area contributed by atoms with Crippen molar-refractivity contribution in [2.45, 2.75) is 17.6 Å². The lowest BCUT2D eigenvalue weighted by Gasteiger charge is -2.17. The average Bonchev–Trinajstić information content (AvgIpc) is 3.10. The normalized spacial score (nSPS) is 16.9. The van der Waals surface area contributed by atoms with Gasteiger partial charge in [-0.15, -0.1) is 22.0 Å².